The van der Waals surface area contributed by atoms with E-state index in [1.807, 2.05) is 0 Å². The number of hydrogen-bond acceptors (Lipinski definition) is 3. The van der Waals surface area contributed by atoms with Crippen LogP contribution in [0.15, 0.2) is 47.2 Å². The fraction of sp³-hybridized carbons (Fsp3) is 0.500. The first-order chi connectivity index (χ1) is 11.8. The van der Waals surface area contributed by atoms with Crippen LogP contribution in [0.4, 0.5) is 0 Å². The zero-order valence-electron chi connectivity index (χ0n) is 14.1. The third kappa shape index (κ3) is 4.69. The summed E-state index contributed by atoms with van der Waals surface area (Å²) in [6.07, 6.45) is 6.00. The van der Waals surface area contributed by atoms with E-state index in [2.05, 4.69) is 68.0 Å². The Morgan fingerprint density at radius 2 is 2.00 bits per heavy atom. The number of alkyl halides is 1. The fourth-order valence-electron chi connectivity index (χ4n) is 3.44. The lowest BCUT2D eigenvalue weighted by atomic mass is 9.98. The van der Waals surface area contributed by atoms with Crippen LogP contribution in [0, 0.1) is 0 Å². The monoisotopic (exact) mass is 407 g/mol. The fourth-order valence-corrected chi connectivity index (χ4v) is 4.94. The van der Waals surface area contributed by atoms with Crippen LogP contribution in [0.5, 0.6) is 0 Å². The van der Waals surface area contributed by atoms with Gasteiger partial charge in [-0.1, -0.05) is 46.3 Å². The van der Waals surface area contributed by atoms with Crippen molar-refractivity contribution in [3.05, 3.63) is 58.3 Å². The smallest absolute Gasteiger partial charge is 0.131 e. The SMILES string of the molecule is BrCC1(OCc2ccccc2)CCCCN1CCCc1ccsc1. The minimum Gasteiger partial charge on any atom is -0.355 e. The van der Waals surface area contributed by atoms with Gasteiger partial charge < -0.3 is 4.74 Å². The number of hydrogen-bond donors (Lipinski definition) is 0. The molecule has 1 aromatic carbocycles. The predicted molar refractivity (Wildman–Crippen MR) is 106 cm³/mol. The number of halogens is 1. The molecule has 2 heterocycles. The van der Waals surface area contributed by atoms with Crippen LogP contribution in [-0.2, 0) is 17.8 Å². The molecule has 1 atom stereocenters. The first-order valence-corrected chi connectivity index (χ1v) is 10.9. The first-order valence-electron chi connectivity index (χ1n) is 8.82. The van der Waals surface area contributed by atoms with Crippen LogP contribution in [0.3, 0.4) is 0 Å². The number of piperidine rings is 1. The molecule has 0 radical (unpaired) electrons. The first kappa shape index (κ1) is 18.1. The van der Waals surface area contributed by atoms with Gasteiger partial charge in [0.2, 0.25) is 0 Å². The van der Waals surface area contributed by atoms with E-state index in [1.165, 1.54) is 30.4 Å². The van der Waals surface area contributed by atoms with Gasteiger partial charge in [0, 0.05) is 18.4 Å². The van der Waals surface area contributed by atoms with Gasteiger partial charge in [-0.05, 0) is 60.1 Å². The van der Waals surface area contributed by atoms with Crippen molar-refractivity contribution in [3.63, 3.8) is 0 Å². The normalized spacial score (nSPS) is 21.9. The van der Waals surface area contributed by atoms with Gasteiger partial charge in [-0.15, -0.1) is 0 Å². The van der Waals surface area contributed by atoms with Crippen LogP contribution in [0.25, 0.3) is 0 Å². The Morgan fingerprint density at radius 1 is 1.12 bits per heavy atom. The summed E-state index contributed by atoms with van der Waals surface area (Å²) in [4.78, 5) is 2.57. The van der Waals surface area contributed by atoms with Crippen molar-refractivity contribution in [1.82, 2.24) is 4.90 Å². The third-order valence-corrected chi connectivity index (χ3v) is 6.46. The molecule has 1 aromatic heterocycles. The second-order valence-electron chi connectivity index (χ2n) is 6.53. The van der Waals surface area contributed by atoms with Gasteiger partial charge >= 0.3 is 0 Å². The van der Waals surface area contributed by atoms with E-state index in [0.717, 1.165) is 31.3 Å². The van der Waals surface area contributed by atoms with Crippen LogP contribution in [-0.4, -0.2) is 29.0 Å². The van der Waals surface area contributed by atoms with Gasteiger partial charge in [0.15, 0.2) is 0 Å². The largest absolute Gasteiger partial charge is 0.355 e. The van der Waals surface area contributed by atoms with Gasteiger partial charge in [0.25, 0.3) is 0 Å². The third-order valence-electron chi connectivity index (χ3n) is 4.85. The van der Waals surface area contributed by atoms with Crippen molar-refractivity contribution >= 4 is 27.3 Å². The Labute approximate surface area is 158 Å². The molecule has 1 aliphatic heterocycles. The molecule has 0 saturated carbocycles. The molecule has 3 rings (SSSR count). The second kappa shape index (κ2) is 9.14. The Kier molecular flexibility index (Phi) is 6.90. The van der Waals surface area contributed by atoms with Crippen molar-refractivity contribution in [2.24, 2.45) is 0 Å². The quantitative estimate of drug-likeness (QED) is 0.537. The molecule has 2 aromatic rings. The van der Waals surface area contributed by atoms with Crippen molar-refractivity contribution in [2.75, 3.05) is 18.4 Å². The number of aryl methyl sites for hydroxylation is 1. The van der Waals surface area contributed by atoms with Crippen molar-refractivity contribution in [3.8, 4) is 0 Å². The summed E-state index contributed by atoms with van der Waals surface area (Å²) < 4.78 is 6.49. The summed E-state index contributed by atoms with van der Waals surface area (Å²) >= 11 is 5.54. The van der Waals surface area contributed by atoms with Crippen LogP contribution >= 0.6 is 27.3 Å². The highest BCUT2D eigenvalue weighted by atomic mass is 79.9. The molecule has 1 aliphatic rings. The molecular formula is C20H26BrNOS. The summed E-state index contributed by atoms with van der Waals surface area (Å²) in [5.74, 6) is 0. The number of rotatable bonds is 8. The standard InChI is InChI=1S/C20H26BrNOS/c21-17-20(23-15-18-7-2-1-3-8-18)11-4-5-12-22(20)13-6-9-19-10-14-24-16-19/h1-3,7-8,10,14,16H,4-6,9,11-13,15,17H2. The van der Waals surface area contributed by atoms with Crippen LogP contribution in [0.2, 0.25) is 0 Å². The summed E-state index contributed by atoms with van der Waals surface area (Å²) in [5.41, 5.74) is 2.57. The predicted octanol–water partition coefficient (Wildman–Crippen LogP) is 5.47. The molecule has 2 nitrogen and oxygen atoms in total. The molecule has 0 aliphatic carbocycles. The van der Waals surface area contributed by atoms with Crippen molar-refractivity contribution < 1.29 is 4.74 Å². The van der Waals surface area contributed by atoms with Crippen molar-refractivity contribution in [2.45, 2.75) is 44.4 Å². The molecule has 1 saturated heterocycles. The maximum atomic E-state index is 6.49. The summed E-state index contributed by atoms with van der Waals surface area (Å²) in [6, 6.07) is 12.8. The summed E-state index contributed by atoms with van der Waals surface area (Å²) in [5, 5.41) is 5.31. The Hall–Kier alpha value is -0.680. The molecule has 0 N–H and O–H groups in total. The Bertz CT molecular complexity index is 589. The number of nitrogens with zero attached hydrogens (tertiary/aromatic N) is 1. The van der Waals surface area contributed by atoms with E-state index in [9.17, 15) is 0 Å². The molecule has 1 unspecified atom stereocenters. The van der Waals surface area contributed by atoms with Crippen LogP contribution < -0.4 is 0 Å². The lowest BCUT2D eigenvalue weighted by molar-refractivity contribution is -0.166. The number of thiophene rings is 1. The van der Waals surface area contributed by atoms with E-state index in [-0.39, 0.29) is 5.72 Å². The lowest BCUT2D eigenvalue weighted by Crippen LogP contribution is -2.55. The molecule has 0 spiro atoms. The van der Waals surface area contributed by atoms with Crippen molar-refractivity contribution in [1.29, 1.82) is 0 Å². The van der Waals surface area contributed by atoms with E-state index in [1.54, 1.807) is 11.3 Å². The highest BCUT2D eigenvalue weighted by Crippen LogP contribution is 2.32. The second-order valence-corrected chi connectivity index (χ2v) is 7.87. The van der Waals surface area contributed by atoms with Gasteiger partial charge in [0.1, 0.15) is 5.72 Å². The average Bonchev–Trinajstić information content (AvgIpc) is 3.15. The van der Waals surface area contributed by atoms with E-state index in [0.29, 0.717) is 6.61 Å². The van der Waals surface area contributed by atoms with Gasteiger partial charge in [-0.2, -0.15) is 11.3 Å². The minimum absolute atomic E-state index is 0.150. The average molecular weight is 408 g/mol. The highest BCUT2D eigenvalue weighted by molar-refractivity contribution is 9.09. The topological polar surface area (TPSA) is 12.5 Å². The number of benzene rings is 1. The minimum atomic E-state index is -0.150. The molecule has 4 heteroatoms. The molecular weight excluding hydrogens is 382 g/mol. The maximum absolute atomic E-state index is 6.49. The van der Waals surface area contributed by atoms with E-state index >= 15 is 0 Å². The zero-order valence-corrected chi connectivity index (χ0v) is 16.5. The van der Waals surface area contributed by atoms with Gasteiger partial charge in [0.05, 0.1) is 6.61 Å². The van der Waals surface area contributed by atoms with Gasteiger partial charge in [-0.25, -0.2) is 0 Å². The van der Waals surface area contributed by atoms with E-state index in [4.69, 9.17) is 4.74 Å². The maximum Gasteiger partial charge on any atom is 0.131 e. The molecule has 130 valence electrons. The highest BCUT2D eigenvalue weighted by Gasteiger charge is 2.38. The number of likely N-dealkylation sites (tertiary alicyclic amines) is 1. The number of ether oxygens (including phenoxy) is 1. The van der Waals surface area contributed by atoms with Gasteiger partial charge in [-0.3, -0.25) is 4.90 Å². The molecule has 0 amide bonds. The molecule has 0 bridgehead atoms. The zero-order chi connectivity index (χ0) is 16.7. The summed E-state index contributed by atoms with van der Waals surface area (Å²) in [7, 11) is 0. The van der Waals surface area contributed by atoms with Crippen LogP contribution in [0.1, 0.15) is 36.8 Å². The summed E-state index contributed by atoms with van der Waals surface area (Å²) in [6.45, 7) is 2.94. The molecule has 24 heavy (non-hydrogen) atoms. The lowest BCUT2D eigenvalue weighted by Gasteiger charge is -2.46. The molecule has 1 fully saturated rings. The van der Waals surface area contributed by atoms with E-state index < -0.39 is 0 Å². The Morgan fingerprint density at radius 3 is 2.75 bits per heavy atom. The Balaban J connectivity index is 1.59.